The quantitative estimate of drug-likeness (QED) is 0.463. The van der Waals surface area contributed by atoms with Gasteiger partial charge in [-0.25, -0.2) is 0 Å². The lowest BCUT2D eigenvalue weighted by Gasteiger charge is -2.15. The fraction of sp³-hybridized carbons (Fsp3) is 0.222. The van der Waals surface area contributed by atoms with Crippen LogP contribution < -0.4 is 0 Å². The highest BCUT2D eigenvalue weighted by Crippen LogP contribution is 2.32. The van der Waals surface area contributed by atoms with Gasteiger partial charge in [0, 0.05) is 11.8 Å². The molecule has 0 fully saturated rings. The first-order chi connectivity index (χ1) is 9.86. The van der Waals surface area contributed by atoms with Crippen LogP contribution in [0.15, 0.2) is 60.7 Å². The highest BCUT2D eigenvalue weighted by Gasteiger charge is 2.10. The van der Waals surface area contributed by atoms with E-state index in [2.05, 4.69) is 48.5 Å². The first-order valence-electron chi connectivity index (χ1n) is 6.81. The third-order valence-electron chi connectivity index (χ3n) is 3.30. The molecule has 0 aliphatic rings. The first kappa shape index (κ1) is 15.2. The Bertz CT molecular complexity index is 493. The van der Waals surface area contributed by atoms with Gasteiger partial charge in [0.1, 0.15) is 0 Å². The van der Waals surface area contributed by atoms with Crippen LogP contribution in [0.4, 0.5) is 0 Å². The van der Waals surface area contributed by atoms with Crippen molar-refractivity contribution in [3.63, 3.8) is 0 Å². The first-order valence-corrected chi connectivity index (χ1v) is 7.88. The Morgan fingerprint density at radius 3 is 1.25 bits per heavy atom. The Morgan fingerprint density at radius 2 is 0.950 bits per heavy atom. The number of allylic oxidation sites excluding steroid dienone is 2. The van der Waals surface area contributed by atoms with Crippen LogP contribution in [0.5, 0.6) is 0 Å². The number of benzene rings is 2. The molecule has 0 radical (unpaired) electrons. The maximum Gasteiger partial charge on any atom is 0.0264 e. The number of rotatable bonds is 6. The molecule has 0 N–H and O–H groups in total. The van der Waals surface area contributed by atoms with Gasteiger partial charge in [-0.2, -0.15) is 0 Å². The molecule has 2 aromatic carbocycles. The fourth-order valence-corrected chi connectivity index (χ4v) is 2.78. The largest absolute Gasteiger partial charge is 0.126 e. The Hall–Kier alpha value is -1.24. The van der Waals surface area contributed by atoms with Gasteiger partial charge in [-0.15, -0.1) is 23.2 Å². The second-order valence-electron chi connectivity index (χ2n) is 4.57. The summed E-state index contributed by atoms with van der Waals surface area (Å²) in [5, 5.41) is 0. The summed E-state index contributed by atoms with van der Waals surface area (Å²) in [5.74, 6) is 1.23. The van der Waals surface area contributed by atoms with E-state index in [-0.39, 0.29) is 0 Å². The molecule has 0 amide bonds. The molecule has 0 aromatic heterocycles. The average Bonchev–Trinajstić information content (AvgIpc) is 2.52. The lowest BCUT2D eigenvalue weighted by Crippen LogP contribution is -1.95. The average molecular weight is 305 g/mol. The summed E-state index contributed by atoms with van der Waals surface area (Å²) in [6.45, 7) is 0. The minimum Gasteiger partial charge on any atom is -0.126 e. The molecule has 2 heteroatoms. The van der Waals surface area contributed by atoms with E-state index in [1.165, 1.54) is 22.3 Å². The van der Waals surface area contributed by atoms with Gasteiger partial charge >= 0.3 is 0 Å². The molecule has 0 atom stereocenters. The Balaban J connectivity index is 2.54. The van der Waals surface area contributed by atoms with Crippen molar-refractivity contribution in [2.24, 2.45) is 0 Å². The topological polar surface area (TPSA) is 0 Å². The summed E-state index contributed by atoms with van der Waals surface area (Å²) in [7, 11) is 0. The third-order valence-corrected chi connectivity index (χ3v) is 3.68. The number of alkyl halides is 2. The van der Waals surface area contributed by atoms with E-state index in [1.54, 1.807) is 0 Å². The summed E-state index contributed by atoms with van der Waals surface area (Å²) in [6.07, 6.45) is 1.71. The molecule has 0 heterocycles. The minimum atomic E-state index is 0.614. The second kappa shape index (κ2) is 8.14. The summed E-state index contributed by atoms with van der Waals surface area (Å²) >= 11 is 12.0. The van der Waals surface area contributed by atoms with E-state index in [4.69, 9.17) is 23.2 Å². The predicted molar refractivity (Wildman–Crippen MR) is 90.4 cm³/mol. The molecule has 2 rings (SSSR count). The van der Waals surface area contributed by atoms with Crippen LogP contribution in [-0.4, -0.2) is 11.8 Å². The van der Waals surface area contributed by atoms with Crippen molar-refractivity contribution in [2.45, 2.75) is 12.8 Å². The monoisotopic (exact) mass is 304 g/mol. The van der Waals surface area contributed by atoms with Gasteiger partial charge < -0.3 is 0 Å². The third kappa shape index (κ3) is 3.88. The normalized spacial score (nSPS) is 12.1. The van der Waals surface area contributed by atoms with Gasteiger partial charge in [0.2, 0.25) is 0 Å². The van der Waals surface area contributed by atoms with E-state index >= 15 is 0 Å². The lowest BCUT2D eigenvalue weighted by atomic mass is 9.91. The predicted octanol–water partition coefficient (Wildman–Crippen LogP) is 5.86. The van der Waals surface area contributed by atoms with Crippen molar-refractivity contribution < 1.29 is 0 Å². The van der Waals surface area contributed by atoms with Crippen LogP contribution in [0.2, 0.25) is 0 Å². The van der Waals surface area contributed by atoms with Gasteiger partial charge in [0.15, 0.2) is 0 Å². The van der Waals surface area contributed by atoms with Gasteiger partial charge in [-0.3, -0.25) is 0 Å². The van der Waals surface area contributed by atoms with E-state index in [9.17, 15) is 0 Å². The van der Waals surface area contributed by atoms with Crippen molar-refractivity contribution in [1.29, 1.82) is 0 Å². The van der Waals surface area contributed by atoms with Crippen LogP contribution in [0.1, 0.15) is 24.0 Å². The Labute approximate surface area is 131 Å². The van der Waals surface area contributed by atoms with E-state index < -0.39 is 0 Å². The number of hydrogen-bond acceptors (Lipinski definition) is 0. The van der Waals surface area contributed by atoms with Crippen LogP contribution in [0, 0.1) is 0 Å². The lowest BCUT2D eigenvalue weighted by molar-refractivity contribution is 1.19. The van der Waals surface area contributed by atoms with Crippen LogP contribution in [0.3, 0.4) is 0 Å². The minimum absolute atomic E-state index is 0.614. The molecular formula is C18H18Cl2. The molecule has 20 heavy (non-hydrogen) atoms. The molecule has 0 saturated carbocycles. The smallest absolute Gasteiger partial charge is 0.0264 e. The van der Waals surface area contributed by atoms with Crippen LogP contribution in [0.25, 0.3) is 11.1 Å². The maximum absolute atomic E-state index is 6.01. The molecule has 0 spiro atoms. The van der Waals surface area contributed by atoms with Gasteiger partial charge in [0.25, 0.3) is 0 Å². The van der Waals surface area contributed by atoms with Gasteiger partial charge in [-0.05, 0) is 35.1 Å². The molecule has 0 saturated heterocycles. The molecule has 2 aromatic rings. The molecule has 0 aliphatic carbocycles. The summed E-state index contributed by atoms with van der Waals surface area (Å²) < 4.78 is 0. The number of hydrogen-bond donors (Lipinski definition) is 0. The van der Waals surface area contributed by atoms with Crippen LogP contribution >= 0.6 is 23.2 Å². The molecule has 0 nitrogen and oxygen atoms in total. The Morgan fingerprint density at radius 1 is 0.600 bits per heavy atom. The highest BCUT2D eigenvalue weighted by molar-refractivity contribution is 6.19. The SMILES string of the molecule is ClCC/C(=C(\CCCl)c1ccccc1)c1ccccc1. The zero-order valence-electron chi connectivity index (χ0n) is 11.4. The summed E-state index contributed by atoms with van der Waals surface area (Å²) in [5.41, 5.74) is 5.06. The Kier molecular flexibility index (Phi) is 6.17. The van der Waals surface area contributed by atoms with Crippen molar-refractivity contribution in [1.82, 2.24) is 0 Å². The molecule has 0 aliphatic heterocycles. The molecular weight excluding hydrogens is 287 g/mol. The van der Waals surface area contributed by atoms with E-state index in [1.807, 2.05) is 12.1 Å². The maximum atomic E-state index is 6.01. The fourth-order valence-electron chi connectivity index (χ4n) is 2.41. The standard InChI is InChI=1S/C18H18Cl2/c19-13-11-17(15-7-3-1-4-8-15)18(12-14-20)16-9-5-2-6-10-16/h1-10H,11-14H2/b18-17-. The van der Waals surface area contributed by atoms with Crippen molar-refractivity contribution in [3.05, 3.63) is 71.8 Å². The van der Waals surface area contributed by atoms with Gasteiger partial charge in [-0.1, -0.05) is 60.7 Å². The summed E-state index contributed by atoms with van der Waals surface area (Å²) in [4.78, 5) is 0. The van der Waals surface area contributed by atoms with Crippen molar-refractivity contribution in [3.8, 4) is 0 Å². The second-order valence-corrected chi connectivity index (χ2v) is 5.32. The van der Waals surface area contributed by atoms with Crippen molar-refractivity contribution >= 4 is 34.3 Å². The molecule has 104 valence electrons. The summed E-state index contributed by atoms with van der Waals surface area (Å²) in [6, 6.07) is 20.9. The molecule has 0 unspecified atom stereocenters. The van der Waals surface area contributed by atoms with Crippen molar-refractivity contribution in [2.75, 3.05) is 11.8 Å². The zero-order chi connectivity index (χ0) is 14.2. The number of halogens is 2. The van der Waals surface area contributed by atoms with Gasteiger partial charge in [0.05, 0.1) is 0 Å². The highest BCUT2D eigenvalue weighted by atomic mass is 35.5. The van der Waals surface area contributed by atoms with E-state index in [0.717, 1.165) is 12.8 Å². The zero-order valence-corrected chi connectivity index (χ0v) is 12.9. The molecule has 0 bridgehead atoms. The van der Waals surface area contributed by atoms with Crippen LogP contribution in [-0.2, 0) is 0 Å². The van der Waals surface area contributed by atoms with E-state index in [0.29, 0.717) is 11.8 Å².